The summed E-state index contributed by atoms with van der Waals surface area (Å²) in [5.41, 5.74) is 2.15. The molecule has 0 aliphatic carbocycles. The van der Waals surface area contributed by atoms with Crippen LogP contribution in [0.15, 0.2) is 12.1 Å². The molecule has 0 atom stereocenters. The minimum atomic E-state index is -0.0639. The normalized spacial score (nSPS) is 11.3. The van der Waals surface area contributed by atoms with E-state index in [0.717, 1.165) is 10.9 Å². The third-order valence-electron chi connectivity index (χ3n) is 3.17. The average molecular weight is 280 g/mol. The largest absolute Gasteiger partial charge is 0.309 e. The van der Waals surface area contributed by atoms with Crippen LogP contribution < -0.4 is 5.32 Å². The van der Waals surface area contributed by atoms with Gasteiger partial charge in [0.05, 0.1) is 15.9 Å². The third kappa shape index (κ3) is 2.45. The first-order valence-corrected chi connectivity index (χ1v) is 6.78. The maximum Gasteiger partial charge on any atom is 0.225 e. The number of aromatic nitrogens is 2. The molecule has 1 N–H and O–H groups in total. The Morgan fingerprint density at radius 2 is 2.16 bits per heavy atom. The van der Waals surface area contributed by atoms with Crippen molar-refractivity contribution < 1.29 is 4.79 Å². The molecule has 0 bridgehead atoms. The molecule has 102 valence electrons. The Bertz CT molecular complexity index is 631. The molecule has 4 nitrogen and oxygen atoms in total. The number of benzene rings is 1. The Morgan fingerprint density at radius 1 is 1.47 bits per heavy atom. The molecule has 5 heteroatoms. The van der Waals surface area contributed by atoms with E-state index in [2.05, 4.69) is 24.3 Å². The van der Waals surface area contributed by atoms with E-state index < -0.39 is 0 Å². The van der Waals surface area contributed by atoms with Gasteiger partial charge in [-0.25, -0.2) is 0 Å². The predicted octanol–water partition coefficient (Wildman–Crippen LogP) is 3.70. The summed E-state index contributed by atoms with van der Waals surface area (Å²) in [6, 6.07) is 3.88. The zero-order valence-corrected chi connectivity index (χ0v) is 12.4. The van der Waals surface area contributed by atoms with Gasteiger partial charge in [-0.1, -0.05) is 38.4 Å². The fourth-order valence-corrected chi connectivity index (χ4v) is 2.42. The number of fused-ring (bicyclic) bond motifs is 1. The summed E-state index contributed by atoms with van der Waals surface area (Å²) in [4.78, 5) is 11.6. The molecule has 1 heterocycles. The van der Waals surface area contributed by atoms with Gasteiger partial charge in [-0.3, -0.25) is 9.48 Å². The Hall–Kier alpha value is -1.55. The highest BCUT2D eigenvalue weighted by Crippen LogP contribution is 2.35. The van der Waals surface area contributed by atoms with Gasteiger partial charge < -0.3 is 5.32 Å². The van der Waals surface area contributed by atoms with Crippen LogP contribution in [0.3, 0.4) is 0 Å². The van der Waals surface area contributed by atoms with Gasteiger partial charge in [0, 0.05) is 13.5 Å². The first kappa shape index (κ1) is 13.9. The number of rotatable bonds is 3. The Morgan fingerprint density at radius 3 is 2.74 bits per heavy atom. The van der Waals surface area contributed by atoms with Crippen molar-refractivity contribution in [3.05, 3.63) is 22.7 Å². The maximum atomic E-state index is 11.6. The van der Waals surface area contributed by atoms with Crippen molar-refractivity contribution in [3.63, 3.8) is 0 Å². The van der Waals surface area contributed by atoms with Gasteiger partial charge in [-0.2, -0.15) is 5.10 Å². The molecule has 0 saturated carbocycles. The quantitative estimate of drug-likeness (QED) is 0.931. The highest BCUT2D eigenvalue weighted by Gasteiger charge is 2.18. The SMILES string of the molecule is CCC(=O)Nc1nn(C)c2c(C(C)C)ccc(Cl)c12. The van der Waals surface area contributed by atoms with E-state index >= 15 is 0 Å². The number of carbonyl (C=O) groups excluding carboxylic acids is 1. The number of anilines is 1. The minimum absolute atomic E-state index is 0.0639. The van der Waals surface area contributed by atoms with Crippen LogP contribution in [0.25, 0.3) is 10.9 Å². The summed E-state index contributed by atoms with van der Waals surface area (Å²) < 4.78 is 1.78. The van der Waals surface area contributed by atoms with Crippen LogP contribution in [-0.2, 0) is 11.8 Å². The lowest BCUT2D eigenvalue weighted by Crippen LogP contribution is -2.10. The summed E-state index contributed by atoms with van der Waals surface area (Å²) in [6.45, 7) is 6.06. The van der Waals surface area contributed by atoms with Crippen molar-refractivity contribution in [3.8, 4) is 0 Å². The molecule has 1 amide bonds. The van der Waals surface area contributed by atoms with E-state index in [9.17, 15) is 4.79 Å². The topological polar surface area (TPSA) is 46.9 Å². The fourth-order valence-electron chi connectivity index (χ4n) is 2.18. The standard InChI is InChI=1S/C14H18ClN3O/c1-5-11(19)16-14-12-10(15)7-6-9(8(2)3)13(12)18(4)17-14/h6-8H,5H2,1-4H3,(H,16,17,19). The zero-order valence-electron chi connectivity index (χ0n) is 11.6. The van der Waals surface area contributed by atoms with Crippen LogP contribution in [-0.4, -0.2) is 15.7 Å². The lowest BCUT2D eigenvalue weighted by Gasteiger charge is -2.09. The van der Waals surface area contributed by atoms with Gasteiger partial charge in [0.15, 0.2) is 5.82 Å². The number of amides is 1. The van der Waals surface area contributed by atoms with Gasteiger partial charge in [0.1, 0.15) is 0 Å². The van der Waals surface area contributed by atoms with Crippen molar-refractivity contribution in [2.75, 3.05) is 5.32 Å². The smallest absolute Gasteiger partial charge is 0.225 e. The first-order chi connectivity index (χ1) is 8.95. The molecule has 2 rings (SSSR count). The molecule has 19 heavy (non-hydrogen) atoms. The molecule has 0 unspecified atom stereocenters. The van der Waals surface area contributed by atoms with E-state index in [1.54, 1.807) is 4.68 Å². The molecule has 0 spiro atoms. The van der Waals surface area contributed by atoms with Crippen molar-refractivity contribution >= 4 is 34.2 Å². The molecular formula is C14H18ClN3O. The summed E-state index contributed by atoms with van der Waals surface area (Å²) in [7, 11) is 1.87. The van der Waals surface area contributed by atoms with Crippen molar-refractivity contribution in [2.24, 2.45) is 7.05 Å². The molecule has 2 aromatic rings. The van der Waals surface area contributed by atoms with Gasteiger partial charge >= 0.3 is 0 Å². The van der Waals surface area contributed by atoms with Crippen molar-refractivity contribution in [1.82, 2.24) is 9.78 Å². The predicted molar refractivity (Wildman–Crippen MR) is 78.7 cm³/mol. The number of aryl methyl sites for hydroxylation is 1. The summed E-state index contributed by atoms with van der Waals surface area (Å²) >= 11 is 6.27. The summed E-state index contributed by atoms with van der Waals surface area (Å²) in [6.07, 6.45) is 0.416. The van der Waals surface area contributed by atoms with Gasteiger partial charge in [0.25, 0.3) is 0 Å². The monoisotopic (exact) mass is 279 g/mol. The number of carbonyl (C=O) groups is 1. The van der Waals surface area contributed by atoms with Crippen molar-refractivity contribution in [2.45, 2.75) is 33.1 Å². The second kappa shape index (κ2) is 5.21. The number of nitrogens with zero attached hydrogens (tertiary/aromatic N) is 2. The van der Waals surface area contributed by atoms with Crippen molar-refractivity contribution in [1.29, 1.82) is 0 Å². The van der Waals surface area contributed by atoms with E-state index in [1.165, 1.54) is 5.56 Å². The summed E-state index contributed by atoms with van der Waals surface area (Å²) in [5.74, 6) is 0.841. The third-order valence-corrected chi connectivity index (χ3v) is 3.48. The lowest BCUT2D eigenvalue weighted by atomic mass is 10.0. The first-order valence-electron chi connectivity index (χ1n) is 6.40. The Labute approximate surface area is 117 Å². The van der Waals surface area contributed by atoms with Crippen LogP contribution in [0.2, 0.25) is 5.02 Å². The number of halogens is 1. The molecule has 0 aliphatic rings. The molecule has 0 saturated heterocycles. The van der Waals surface area contributed by atoms with E-state index in [0.29, 0.717) is 23.2 Å². The highest BCUT2D eigenvalue weighted by molar-refractivity contribution is 6.36. The molecule has 0 aliphatic heterocycles. The molecule has 0 radical (unpaired) electrons. The Kier molecular flexibility index (Phi) is 3.80. The number of hydrogen-bond donors (Lipinski definition) is 1. The number of nitrogens with one attached hydrogen (secondary N) is 1. The molecule has 1 aromatic carbocycles. The molecule has 1 aromatic heterocycles. The zero-order chi connectivity index (χ0) is 14.2. The second-order valence-electron chi connectivity index (χ2n) is 4.89. The van der Waals surface area contributed by atoms with Crippen LogP contribution >= 0.6 is 11.6 Å². The Balaban J connectivity index is 2.68. The molecular weight excluding hydrogens is 262 g/mol. The minimum Gasteiger partial charge on any atom is -0.309 e. The second-order valence-corrected chi connectivity index (χ2v) is 5.30. The maximum absolute atomic E-state index is 11.6. The van der Waals surface area contributed by atoms with E-state index in [4.69, 9.17) is 11.6 Å². The summed E-state index contributed by atoms with van der Waals surface area (Å²) in [5, 5.41) is 8.62. The average Bonchev–Trinajstić information content (AvgIpc) is 2.67. The van der Waals surface area contributed by atoms with Crippen LogP contribution in [0.1, 0.15) is 38.7 Å². The van der Waals surface area contributed by atoms with Gasteiger partial charge in [-0.05, 0) is 17.5 Å². The van der Waals surface area contributed by atoms with Crippen LogP contribution in [0.4, 0.5) is 5.82 Å². The van der Waals surface area contributed by atoms with Gasteiger partial charge in [-0.15, -0.1) is 0 Å². The van der Waals surface area contributed by atoms with Gasteiger partial charge in [0.2, 0.25) is 5.91 Å². The van der Waals surface area contributed by atoms with Crippen LogP contribution in [0, 0.1) is 0 Å². The van der Waals surface area contributed by atoms with E-state index in [-0.39, 0.29) is 5.91 Å². The number of hydrogen-bond acceptors (Lipinski definition) is 2. The highest BCUT2D eigenvalue weighted by atomic mass is 35.5. The fraction of sp³-hybridized carbons (Fsp3) is 0.429. The lowest BCUT2D eigenvalue weighted by molar-refractivity contribution is -0.115. The van der Waals surface area contributed by atoms with E-state index in [1.807, 2.05) is 26.1 Å². The molecule has 0 fully saturated rings. The van der Waals surface area contributed by atoms with Crippen LogP contribution in [0.5, 0.6) is 0 Å².